The second-order valence-electron chi connectivity index (χ2n) is 6.19. The Morgan fingerprint density at radius 3 is 2.73 bits per heavy atom. The number of amides is 1. The number of hydrogen-bond donors (Lipinski definition) is 1. The van der Waals surface area contributed by atoms with Crippen molar-refractivity contribution in [2.24, 2.45) is 0 Å². The van der Waals surface area contributed by atoms with Gasteiger partial charge in [0.05, 0.1) is 0 Å². The molecule has 2 rings (SSSR count). The van der Waals surface area contributed by atoms with Crippen LogP contribution in [0.2, 0.25) is 0 Å². The molecule has 118 valence electrons. The summed E-state index contributed by atoms with van der Waals surface area (Å²) in [4.78, 5) is 16.1. The van der Waals surface area contributed by atoms with Gasteiger partial charge in [0, 0.05) is 5.56 Å². The van der Waals surface area contributed by atoms with Crippen LogP contribution in [0, 0.1) is 6.92 Å². The van der Waals surface area contributed by atoms with Gasteiger partial charge >= 0.3 is 6.09 Å². The monoisotopic (exact) mass is 303 g/mol. The number of nitrogens with one attached hydrogen (secondary N) is 1. The Kier molecular flexibility index (Phi) is 4.49. The van der Waals surface area contributed by atoms with E-state index in [9.17, 15) is 4.79 Å². The zero-order valence-corrected chi connectivity index (χ0v) is 13.5. The Labute approximate surface area is 129 Å². The molecule has 6 nitrogen and oxygen atoms in total. The molecule has 1 atom stereocenters. The van der Waals surface area contributed by atoms with Crippen molar-refractivity contribution in [3.63, 3.8) is 0 Å². The Hall–Kier alpha value is -2.37. The van der Waals surface area contributed by atoms with E-state index >= 15 is 0 Å². The first-order chi connectivity index (χ1) is 10.2. The first kappa shape index (κ1) is 16.0. The van der Waals surface area contributed by atoms with Gasteiger partial charge < -0.3 is 14.6 Å². The highest BCUT2D eigenvalue weighted by Gasteiger charge is 2.21. The summed E-state index contributed by atoms with van der Waals surface area (Å²) in [5, 5.41) is 6.62. The van der Waals surface area contributed by atoms with E-state index in [1.54, 1.807) is 27.7 Å². The molecule has 0 saturated carbocycles. The van der Waals surface area contributed by atoms with Crippen LogP contribution in [0.5, 0.6) is 0 Å². The average molecular weight is 303 g/mol. The van der Waals surface area contributed by atoms with Gasteiger partial charge in [-0.05, 0) is 40.7 Å². The molecule has 0 aliphatic rings. The first-order valence-corrected chi connectivity index (χ1v) is 7.15. The number of rotatable bonds is 3. The molecule has 2 aromatic rings. The van der Waals surface area contributed by atoms with Crippen molar-refractivity contribution in [3.8, 4) is 11.4 Å². The van der Waals surface area contributed by atoms with Crippen molar-refractivity contribution in [3.05, 3.63) is 35.7 Å². The second kappa shape index (κ2) is 6.17. The smallest absolute Gasteiger partial charge is 0.408 e. The molecule has 1 aromatic carbocycles. The average Bonchev–Trinajstić information content (AvgIpc) is 2.85. The minimum atomic E-state index is -0.550. The highest BCUT2D eigenvalue weighted by atomic mass is 16.6. The lowest BCUT2D eigenvalue weighted by atomic mass is 10.1. The van der Waals surface area contributed by atoms with Crippen LogP contribution in [-0.4, -0.2) is 21.8 Å². The Morgan fingerprint density at radius 1 is 1.36 bits per heavy atom. The van der Waals surface area contributed by atoms with Crippen LogP contribution in [0.1, 0.15) is 45.2 Å². The third-order valence-electron chi connectivity index (χ3n) is 2.82. The zero-order valence-electron chi connectivity index (χ0n) is 13.5. The van der Waals surface area contributed by atoms with Crippen molar-refractivity contribution in [1.29, 1.82) is 0 Å². The third kappa shape index (κ3) is 4.31. The van der Waals surface area contributed by atoms with E-state index in [0.29, 0.717) is 11.7 Å². The highest BCUT2D eigenvalue weighted by molar-refractivity contribution is 5.68. The summed E-state index contributed by atoms with van der Waals surface area (Å²) in [6.07, 6.45) is -0.518. The minimum absolute atomic E-state index is 0.336. The molecule has 0 fully saturated rings. The molecule has 1 amide bonds. The molecule has 1 aromatic heterocycles. The predicted molar refractivity (Wildman–Crippen MR) is 82.3 cm³/mol. The molecule has 0 spiro atoms. The lowest BCUT2D eigenvalue weighted by Gasteiger charge is -2.20. The molecule has 1 N–H and O–H groups in total. The Morgan fingerprint density at radius 2 is 2.09 bits per heavy atom. The standard InChI is InChI=1S/C16H21N3O3/c1-10-7-6-8-12(9-10)13-18-14(22-19-13)11(2)17-15(20)21-16(3,4)5/h6-9,11H,1-5H3,(H,17,20). The van der Waals surface area contributed by atoms with Gasteiger partial charge in [-0.3, -0.25) is 0 Å². The number of carbonyl (C=O) groups is 1. The normalized spacial score (nSPS) is 12.8. The fraction of sp³-hybridized carbons (Fsp3) is 0.438. The molecule has 0 aliphatic carbocycles. The minimum Gasteiger partial charge on any atom is -0.444 e. The van der Waals surface area contributed by atoms with Crippen LogP contribution < -0.4 is 5.32 Å². The highest BCUT2D eigenvalue weighted by Crippen LogP contribution is 2.19. The van der Waals surface area contributed by atoms with E-state index in [1.165, 1.54) is 0 Å². The predicted octanol–water partition coefficient (Wildman–Crippen LogP) is 3.63. The topological polar surface area (TPSA) is 77.2 Å². The summed E-state index contributed by atoms with van der Waals surface area (Å²) in [5.41, 5.74) is 1.44. The molecule has 1 heterocycles. The van der Waals surface area contributed by atoms with Crippen molar-refractivity contribution < 1.29 is 14.1 Å². The first-order valence-electron chi connectivity index (χ1n) is 7.15. The van der Waals surface area contributed by atoms with E-state index < -0.39 is 17.7 Å². The number of hydrogen-bond acceptors (Lipinski definition) is 5. The third-order valence-corrected chi connectivity index (χ3v) is 2.82. The maximum atomic E-state index is 11.7. The number of nitrogens with zero attached hydrogens (tertiary/aromatic N) is 2. The zero-order chi connectivity index (χ0) is 16.3. The van der Waals surface area contributed by atoms with Crippen LogP contribution >= 0.6 is 0 Å². The molecule has 6 heteroatoms. The largest absolute Gasteiger partial charge is 0.444 e. The van der Waals surface area contributed by atoms with Crippen molar-refractivity contribution >= 4 is 6.09 Å². The number of aromatic nitrogens is 2. The Balaban J connectivity index is 2.06. The molecule has 0 radical (unpaired) electrons. The fourth-order valence-electron chi connectivity index (χ4n) is 1.86. The number of aryl methyl sites for hydroxylation is 1. The van der Waals surface area contributed by atoms with Gasteiger partial charge in [-0.1, -0.05) is 28.9 Å². The van der Waals surface area contributed by atoms with Gasteiger partial charge in [0.2, 0.25) is 11.7 Å². The molecular formula is C16H21N3O3. The van der Waals surface area contributed by atoms with E-state index in [4.69, 9.17) is 9.26 Å². The number of benzene rings is 1. The number of alkyl carbamates (subject to hydrolysis) is 1. The van der Waals surface area contributed by atoms with Gasteiger partial charge in [0.1, 0.15) is 11.6 Å². The van der Waals surface area contributed by atoms with Crippen molar-refractivity contribution in [1.82, 2.24) is 15.5 Å². The molecule has 0 saturated heterocycles. The van der Waals surface area contributed by atoms with E-state index in [-0.39, 0.29) is 0 Å². The summed E-state index contributed by atoms with van der Waals surface area (Å²) in [6.45, 7) is 9.17. The van der Waals surface area contributed by atoms with Gasteiger partial charge in [-0.2, -0.15) is 4.98 Å². The van der Waals surface area contributed by atoms with Crippen LogP contribution in [0.25, 0.3) is 11.4 Å². The Bertz CT molecular complexity index is 659. The van der Waals surface area contributed by atoms with Gasteiger partial charge in [-0.25, -0.2) is 4.79 Å². The van der Waals surface area contributed by atoms with Crippen LogP contribution in [-0.2, 0) is 4.74 Å². The van der Waals surface area contributed by atoms with Crippen molar-refractivity contribution in [2.45, 2.75) is 46.3 Å². The maximum Gasteiger partial charge on any atom is 0.408 e. The summed E-state index contributed by atoms with van der Waals surface area (Å²) in [5.74, 6) is 0.832. The summed E-state index contributed by atoms with van der Waals surface area (Å²) in [6, 6.07) is 7.38. The van der Waals surface area contributed by atoms with Gasteiger partial charge in [0.25, 0.3) is 0 Å². The number of ether oxygens (including phenoxy) is 1. The molecule has 22 heavy (non-hydrogen) atoms. The van der Waals surface area contributed by atoms with Crippen LogP contribution in [0.3, 0.4) is 0 Å². The quantitative estimate of drug-likeness (QED) is 0.936. The maximum absolute atomic E-state index is 11.7. The number of carbonyl (C=O) groups excluding carboxylic acids is 1. The summed E-state index contributed by atoms with van der Waals surface area (Å²) in [7, 11) is 0. The fourth-order valence-corrected chi connectivity index (χ4v) is 1.86. The molecule has 0 aliphatic heterocycles. The summed E-state index contributed by atoms with van der Waals surface area (Å²) >= 11 is 0. The lowest BCUT2D eigenvalue weighted by molar-refractivity contribution is 0.0499. The molecular weight excluding hydrogens is 282 g/mol. The van der Waals surface area contributed by atoms with E-state index in [2.05, 4.69) is 15.5 Å². The SMILES string of the molecule is Cc1cccc(-c2noc(C(C)NC(=O)OC(C)(C)C)n2)c1. The van der Waals surface area contributed by atoms with E-state index in [1.807, 2.05) is 31.2 Å². The van der Waals surface area contributed by atoms with Gasteiger partial charge in [0.15, 0.2) is 0 Å². The lowest BCUT2D eigenvalue weighted by Crippen LogP contribution is -2.34. The van der Waals surface area contributed by atoms with Crippen LogP contribution in [0.15, 0.2) is 28.8 Å². The van der Waals surface area contributed by atoms with Gasteiger partial charge in [-0.15, -0.1) is 0 Å². The van der Waals surface area contributed by atoms with Crippen LogP contribution in [0.4, 0.5) is 4.79 Å². The summed E-state index contributed by atoms with van der Waals surface area (Å²) < 4.78 is 10.4. The van der Waals surface area contributed by atoms with E-state index in [0.717, 1.165) is 11.1 Å². The van der Waals surface area contributed by atoms with Crippen molar-refractivity contribution in [2.75, 3.05) is 0 Å². The molecule has 1 unspecified atom stereocenters. The second-order valence-corrected chi connectivity index (χ2v) is 6.19. The molecule has 0 bridgehead atoms.